The zero-order valence-electron chi connectivity index (χ0n) is 12.2. The topological polar surface area (TPSA) is 50.4 Å². The Hall–Kier alpha value is -2.07. The number of benzene rings is 2. The van der Waals surface area contributed by atoms with E-state index < -0.39 is 0 Å². The summed E-state index contributed by atoms with van der Waals surface area (Å²) < 4.78 is 5.50. The molecule has 0 aliphatic carbocycles. The first kappa shape index (κ1) is 13.9. The van der Waals surface area contributed by atoms with Gasteiger partial charge in [-0.2, -0.15) is 0 Å². The summed E-state index contributed by atoms with van der Waals surface area (Å²) in [5.41, 5.74) is 1.17. The second-order valence-electron chi connectivity index (χ2n) is 5.39. The molecule has 4 heteroatoms. The summed E-state index contributed by atoms with van der Waals surface area (Å²) in [5, 5.41) is 8.86. The fourth-order valence-electron chi connectivity index (χ4n) is 2.84. The van der Waals surface area contributed by atoms with E-state index >= 15 is 0 Å². The van der Waals surface area contributed by atoms with Crippen LogP contribution in [0.4, 0.5) is 0 Å². The summed E-state index contributed by atoms with van der Waals surface area (Å²) in [6.07, 6.45) is 1.49. The second kappa shape index (κ2) is 6.14. The van der Waals surface area contributed by atoms with Crippen LogP contribution in [-0.4, -0.2) is 25.6 Å². The number of nitrogens with one attached hydrogen (secondary N) is 2. The highest BCUT2D eigenvalue weighted by molar-refractivity contribution is 5.87. The highest BCUT2D eigenvalue weighted by Gasteiger charge is 2.18. The smallest absolute Gasteiger partial charge is 0.220 e. The third-order valence-corrected chi connectivity index (χ3v) is 4.05. The molecule has 1 amide bonds. The van der Waals surface area contributed by atoms with Crippen molar-refractivity contribution in [3.05, 3.63) is 42.0 Å². The van der Waals surface area contributed by atoms with Crippen molar-refractivity contribution in [1.29, 1.82) is 0 Å². The Morgan fingerprint density at radius 3 is 2.90 bits per heavy atom. The Bertz CT molecular complexity index is 644. The molecule has 0 aromatic heterocycles. The van der Waals surface area contributed by atoms with Gasteiger partial charge in [0.15, 0.2) is 0 Å². The number of piperidine rings is 1. The molecule has 110 valence electrons. The molecule has 1 heterocycles. The molecule has 2 aromatic carbocycles. The van der Waals surface area contributed by atoms with Crippen LogP contribution in [0.1, 0.15) is 18.4 Å². The Balaban J connectivity index is 1.80. The number of carbonyl (C=O) groups excluding carboxylic acids is 1. The maximum atomic E-state index is 11.2. The van der Waals surface area contributed by atoms with Crippen molar-refractivity contribution in [2.75, 3.05) is 13.7 Å². The maximum absolute atomic E-state index is 11.2. The van der Waals surface area contributed by atoms with Gasteiger partial charge in [-0.3, -0.25) is 4.79 Å². The van der Waals surface area contributed by atoms with Gasteiger partial charge >= 0.3 is 0 Å². The van der Waals surface area contributed by atoms with E-state index in [0.717, 1.165) is 18.7 Å². The van der Waals surface area contributed by atoms with Gasteiger partial charge in [0.2, 0.25) is 5.91 Å². The van der Waals surface area contributed by atoms with Crippen molar-refractivity contribution < 1.29 is 9.53 Å². The summed E-state index contributed by atoms with van der Waals surface area (Å²) in [6.45, 7) is 1.44. The monoisotopic (exact) mass is 284 g/mol. The molecule has 0 saturated carbocycles. The molecule has 0 bridgehead atoms. The Morgan fingerprint density at radius 2 is 2.14 bits per heavy atom. The van der Waals surface area contributed by atoms with Crippen molar-refractivity contribution >= 4 is 16.7 Å². The van der Waals surface area contributed by atoms with Gasteiger partial charge in [0.25, 0.3) is 0 Å². The van der Waals surface area contributed by atoms with Gasteiger partial charge in [0.05, 0.1) is 7.11 Å². The lowest BCUT2D eigenvalue weighted by Gasteiger charge is -2.24. The molecule has 1 fully saturated rings. The van der Waals surface area contributed by atoms with Crippen LogP contribution < -0.4 is 15.4 Å². The first-order valence-corrected chi connectivity index (χ1v) is 7.32. The van der Waals surface area contributed by atoms with E-state index in [1.807, 2.05) is 18.2 Å². The predicted molar refractivity (Wildman–Crippen MR) is 83.4 cm³/mol. The molecular weight excluding hydrogens is 264 g/mol. The van der Waals surface area contributed by atoms with Crippen molar-refractivity contribution in [3.8, 4) is 5.75 Å². The zero-order valence-corrected chi connectivity index (χ0v) is 12.2. The van der Waals surface area contributed by atoms with Crippen LogP contribution in [0.5, 0.6) is 5.75 Å². The first-order chi connectivity index (χ1) is 10.3. The van der Waals surface area contributed by atoms with Gasteiger partial charge in [-0.1, -0.05) is 30.3 Å². The van der Waals surface area contributed by atoms with Crippen LogP contribution in [-0.2, 0) is 11.3 Å². The highest BCUT2D eigenvalue weighted by atomic mass is 16.5. The SMILES string of the molecule is COc1ccc2ccccc2c1CNC1CCC(=O)NC1. The minimum Gasteiger partial charge on any atom is -0.496 e. The third-order valence-electron chi connectivity index (χ3n) is 4.05. The van der Waals surface area contributed by atoms with Crippen LogP contribution >= 0.6 is 0 Å². The average Bonchev–Trinajstić information content (AvgIpc) is 2.54. The van der Waals surface area contributed by atoms with Crippen molar-refractivity contribution in [1.82, 2.24) is 10.6 Å². The molecule has 2 aromatic rings. The largest absolute Gasteiger partial charge is 0.496 e. The number of methoxy groups -OCH3 is 1. The standard InChI is InChI=1S/C17H20N2O2/c1-21-16-8-6-12-4-2-3-5-14(12)15(16)11-18-13-7-9-17(20)19-10-13/h2-6,8,13,18H,7,9-11H2,1H3,(H,19,20). The molecule has 4 nitrogen and oxygen atoms in total. The van der Waals surface area contributed by atoms with E-state index in [0.29, 0.717) is 19.0 Å². The zero-order chi connectivity index (χ0) is 14.7. The van der Waals surface area contributed by atoms with Crippen LogP contribution in [0.2, 0.25) is 0 Å². The summed E-state index contributed by atoms with van der Waals surface area (Å²) in [6, 6.07) is 12.7. The molecule has 3 rings (SSSR count). The lowest BCUT2D eigenvalue weighted by Crippen LogP contribution is -2.45. The normalized spacial score (nSPS) is 18.5. The van der Waals surface area contributed by atoms with Crippen molar-refractivity contribution in [2.24, 2.45) is 0 Å². The molecule has 21 heavy (non-hydrogen) atoms. The van der Waals surface area contributed by atoms with Crippen molar-refractivity contribution in [2.45, 2.75) is 25.4 Å². The Kier molecular flexibility index (Phi) is 4.06. The molecule has 0 radical (unpaired) electrons. The molecule has 1 atom stereocenters. The number of rotatable bonds is 4. The minimum absolute atomic E-state index is 0.149. The molecule has 0 spiro atoms. The number of fused-ring (bicyclic) bond motifs is 1. The fraction of sp³-hybridized carbons (Fsp3) is 0.353. The Morgan fingerprint density at radius 1 is 1.29 bits per heavy atom. The predicted octanol–water partition coefficient (Wildman–Crippen LogP) is 2.22. The van der Waals surface area contributed by atoms with Crippen molar-refractivity contribution in [3.63, 3.8) is 0 Å². The summed E-state index contributed by atoms with van der Waals surface area (Å²) in [7, 11) is 1.70. The molecular formula is C17H20N2O2. The lowest BCUT2D eigenvalue weighted by atomic mass is 10.0. The first-order valence-electron chi connectivity index (χ1n) is 7.32. The number of carbonyl (C=O) groups is 1. The third kappa shape index (κ3) is 3.00. The molecule has 1 aliphatic heterocycles. The second-order valence-corrected chi connectivity index (χ2v) is 5.39. The van der Waals surface area contributed by atoms with Crippen LogP contribution in [0.3, 0.4) is 0 Å². The molecule has 1 saturated heterocycles. The molecule has 1 unspecified atom stereocenters. The molecule has 1 aliphatic rings. The summed E-state index contributed by atoms with van der Waals surface area (Å²) in [4.78, 5) is 11.2. The van der Waals surface area contributed by atoms with E-state index in [-0.39, 0.29) is 5.91 Å². The van der Waals surface area contributed by atoms with Gasteiger partial charge in [0.1, 0.15) is 5.75 Å². The van der Waals surface area contributed by atoms with Gasteiger partial charge in [0, 0.05) is 31.1 Å². The van der Waals surface area contributed by atoms with E-state index in [4.69, 9.17) is 4.74 Å². The van der Waals surface area contributed by atoms with E-state index in [1.54, 1.807) is 7.11 Å². The van der Waals surface area contributed by atoms with Gasteiger partial charge in [-0.05, 0) is 23.3 Å². The fourth-order valence-corrected chi connectivity index (χ4v) is 2.84. The number of hydrogen-bond donors (Lipinski definition) is 2. The number of ether oxygens (including phenoxy) is 1. The number of hydrogen-bond acceptors (Lipinski definition) is 3. The lowest BCUT2D eigenvalue weighted by molar-refractivity contribution is -0.122. The van der Waals surface area contributed by atoms with Gasteiger partial charge < -0.3 is 15.4 Å². The van der Waals surface area contributed by atoms with E-state index in [1.165, 1.54) is 16.3 Å². The summed E-state index contributed by atoms with van der Waals surface area (Å²) >= 11 is 0. The molecule has 2 N–H and O–H groups in total. The van der Waals surface area contributed by atoms with Crippen LogP contribution in [0.15, 0.2) is 36.4 Å². The average molecular weight is 284 g/mol. The highest BCUT2D eigenvalue weighted by Crippen LogP contribution is 2.28. The van der Waals surface area contributed by atoms with E-state index in [2.05, 4.69) is 28.8 Å². The van der Waals surface area contributed by atoms with Gasteiger partial charge in [-0.15, -0.1) is 0 Å². The van der Waals surface area contributed by atoms with E-state index in [9.17, 15) is 4.79 Å². The minimum atomic E-state index is 0.149. The maximum Gasteiger partial charge on any atom is 0.220 e. The van der Waals surface area contributed by atoms with Crippen LogP contribution in [0, 0.1) is 0 Å². The number of amides is 1. The quantitative estimate of drug-likeness (QED) is 0.905. The Labute approximate surface area is 124 Å². The van der Waals surface area contributed by atoms with Crippen LogP contribution in [0.25, 0.3) is 10.8 Å². The summed E-state index contributed by atoms with van der Waals surface area (Å²) in [5.74, 6) is 1.05. The van der Waals surface area contributed by atoms with Gasteiger partial charge in [-0.25, -0.2) is 0 Å².